The van der Waals surface area contributed by atoms with E-state index in [1.165, 1.54) is 31.2 Å². The number of anilines is 1. The van der Waals surface area contributed by atoms with Crippen molar-refractivity contribution in [3.05, 3.63) is 70.3 Å². The zero-order chi connectivity index (χ0) is 26.0. The van der Waals surface area contributed by atoms with Crippen molar-refractivity contribution >= 4 is 17.3 Å². The Labute approximate surface area is 220 Å². The second kappa shape index (κ2) is 10.8. The fourth-order valence-corrected chi connectivity index (χ4v) is 7.42. The molecule has 0 spiro atoms. The van der Waals surface area contributed by atoms with Crippen LogP contribution in [0.5, 0.6) is 0 Å². The Morgan fingerprint density at radius 3 is 2.32 bits per heavy atom. The van der Waals surface area contributed by atoms with E-state index in [0.717, 1.165) is 44.8 Å². The normalized spacial score (nSPS) is 24.9. The van der Waals surface area contributed by atoms with Gasteiger partial charge in [0.25, 0.3) is 5.69 Å². The van der Waals surface area contributed by atoms with E-state index in [1.54, 1.807) is 19.1 Å². The van der Waals surface area contributed by atoms with Gasteiger partial charge in [0, 0.05) is 61.8 Å². The molecule has 2 aromatic rings. The molecule has 2 heterocycles. The molecule has 3 atom stereocenters. The summed E-state index contributed by atoms with van der Waals surface area (Å²) < 4.78 is 0. The number of hydrogen-bond acceptors (Lipinski definition) is 5. The van der Waals surface area contributed by atoms with E-state index in [4.69, 9.17) is 0 Å². The molecule has 3 fully saturated rings. The van der Waals surface area contributed by atoms with E-state index in [1.807, 2.05) is 12.1 Å². The third-order valence-electron chi connectivity index (χ3n) is 9.41. The Kier molecular flexibility index (Phi) is 7.52. The Morgan fingerprint density at radius 1 is 1.03 bits per heavy atom. The molecule has 1 amide bonds. The molecule has 1 N–H and O–H groups in total. The molecule has 1 unspecified atom stereocenters. The van der Waals surface area contributed by atoms with Crippen molar-refractivity contribution in [1.29, 1.82) is 0 Å². The van der Waals surface area contributed by atoms with Gasteiger partial charge in [-0.15, -0.1) is 0 Å². The first-order valence-electron chi connectivity index (χ1n) is 13.9. The molecule has 7 heteroatoms. The fourth-order valence-electron chi connectivity index (χ4n) is 7.42. The predicted molar refractivity (Wildman–Crippen MR) is 147 cm³/mol. The number of benzene rings is 2. The highest BCUT2D eigenvalue weighted by molar-refractivity contribution is 5.73. The number of hydrogen-bond donors (Lipinski definition) is 1. The van der Waals surface area contributed by atoms with Gasteiger partial charge in [0.2, 0.25) is 5.91 Å². The third-order valence-corrected chi connectivity index (χ3v) is 9.41. The minimum absolute atomic E-state index is 0.0557. The Bertz CT molecular complexity index is 1080. The molecular weight excluding hydrogens is 464 g/mol. The maximum Gasteiger partial charge on any atom is 0.269 e. The van der Waals surface area contributed by atoms with Crippen LogP contribution in [0.4, 0.5) is 11.4 Å². The first kappa shape index (κ1) is 25.7. The third kappa shape index (κ3) is 5.37. The fraction of sp³-hybridized carbons (Fsp3) is 0.567. The second-order valence-electron chi connectivity index (χ2n) is 11.6. The van der Waals surface area contributed by atoms with E-state index >= 15 is 0 Å². The number of nitrogens with zero attached hydrogens (tertiary/aromatic N) is 3. The number of nitro benzene ring substituents is 1. The summed E-state index contributed by atoms with van der Waals surface area (Å²) in [7, 11) is 0. The lowest BCUT2D eigenvalue weighted by molar-refractivity contribution is -0.384. The number of likely N-dealkylation sites (tertiary alicyclic amines) is 1. The zero-order valence-electron chi connectivity index (χ0n) is 22.1. The van der Waals surface area contributed by atoms with Crippen molar-refractivity contribution in [3.63, 3.8) is 0 Å². The van der Waals surface area contributed by atoms with Crippen LogP contribution in [0.15, 0.2) is 54.6 Å². The van der Waals surface area contributed by atoms with Crippen molar-refractivity contribution in [1.82, 2.24) is 10.2 Å². The van der Waals surface area contributed by atoms with Gasteiger partial charge in [0.05, 0.1) is 4.92 Å². The molecule has 198 valence electrons. The Hall–Kier alpha value is -2.93. The molecule has 1 saturated carbocycles. The highest BCUT2D eigenvalue weighted by atomic mass is 16.6. The number of nitrogens with one attached hydrogen (secondary N) is 1. The lowest BCUT2D eigenvalue weighted by Crippen LogP contribution is -2.54. The van der Waals surface area contributed by atoms with E-state index in [9.17, 15) is 14.9 Å². The summed E-state index contributed by atoms with van der Waals surface area (Å²) in [6, 6.07) is 18.2. The van der Waals surface area contributed by atoms with Crippen LogP contribution in [0.3, 0.4) is 0 Å². The number of non-ortho nitro benzene ring substituents is 1. The summed E-state index contributed by atoms with van der Waals surface area (Å²) in [6.45, 7) is 9.52. The molecule has 0 aromatic heterocycles. The number of nitro groups is 1. The molecule has 7 nitrogen and oxygen atoms in total. The van der Waals surface area contributed by atoms with E-state index in [0.29, 0.717) is 17.8 Å². The molecule has 3 aliphatic rings. The second-order valence-corrected chi connectivity index (χ2v) is 11.6. The molecule has 2 aromatic carbocycles. The molecular formula is C30H40N4O3. The lowest BCUT2D eigenvalue weighted by atomic mass is 9.59. The summed E-state index contributed by atoms with van der Waals surface area (Å²) in [4.78, 5) is 27.5. The van der Waals surface area contributed by atoms with Gasteiger partial charge in [-0.2, -0.15) is 0 Å². The largest absolute Gasteiger partial charge is 0.371 e. The van der Waals surface area contributed by atoms with Crippen LogP contribution in [0, 0.1) is 27.9 Å². The number of carbonyl (C=O) groups excluding carboxylic acids is 1. The van der Waals surface area contributed by atoms with Crippen molar-refractivity contribution in [2.75, 3.05) is 37.6 Å². The first-order chi connectivity index (χ1) is 17.8. The first-order valence-corrected chi connectivity index (χ1v) is 13.9. The van der Waals surface area contributed by atoms with Gasteiger partial charge < -0.3 is 15.1 Å². The standard InChI is InChI=1S/C30H40N4O3/c1-22(35)31-29-10-6-9-28(29)30(2,24-7-4-3-5-8-24)25-15-17-32(18-16-25)19-23-20-33(21-23)26-11-13-27(14-12-26)34(36)37/h3-5,7-8,11-14,23,25,28-29H,6,9-10,15-21H2,1-2H3,(H,31,35)/t28-,29-,30?/m0/s1. The summed E-state index contributed by atoms with van der Waals surface area (Å²) in [5.74, 6) is 1.80. The quantitative estimate of drug-likeness (QED) is 0.404. The highest BCUT2D eigenvalue weighted by Gasteiger charge is 2.48. The minimum Gasteiger partial charge on any atom is -0.371 e. The van der Waals surface area contributed by atoms with Crippen molar-refractivity contribution in [2.24, 2.45) is 17.8 Å². The number of carbonyl (C=O) groups is 1. The minimum atomic E-state index is -0.345. The molecule has 2 aliphatic heterocycles. The van der Waals surface area contributed by atoms with Gasteiger partial charge in [0.15, 0.2) is 0 Å². The molecule has 2 saturated heterocycles. The average molecular weight is 505 g/mol. The van der Waals surface area contributed by atoms with E-state index in [-0.39, 0.29) is 28.0 Å². The van der Waals surface area contributed by atoms with Gasteiger partial charge in [0.1, 0.15) is 0 Å². The van der Waals surface area contributed by atoms with Gasteiger partial charge in [-0.05, 0) is 68.3 Å². The van der Waals surface area contributed by atoms with Crippen molar-refractivity contribution in [3.8, 4) is 0 Å². The molecule has 1 aliphatic carbocycles. The highest BCUT2D eigenvalue weighted by Crippen LogP contribution is 2.50. The van der Waals surface area contributed by atoms with Gasteiger partial charge >= 0.3 is 0 Å². The monoisotopic (exact) mass is 504 g/mol. The maximum atomic E-state index is 12.0. The molecule has 0 radical (unpaired) electrons. The maximum absolute atomic E-state index is 12.0. The van der Waals surface area contributed by atoms with Gasteiger partial charge in [-0.1, -0.05) is 43.7 Å². The molecule has 0 bridgehead atoms. The van der Waals surface area contributed by atoms with Crippen molar-refractivity contribution < 1.29 is 9.72 Å². The molecule has 5 rings (SSSR count). The van der Waals surface area contributed by atoms with Crippen LogP contribution in [0.2, 0.25) is 0 Å². The van der Waals surface area contributed by atoms with E-state index in [2.05, 4.69) is 52.4 Å². The van der Waals surface area contributed by atoms with Gasteiger partial charge in [-0.3, -0.25) is 14.9 Å². The van der Waals surface area contributed by atoms with Crippen LogP contribution < -0.4 is 10.2 Å². The van der Waals surface area contributed by atoms with Crippen LogP contribution in [0.1, 0.15) is 51.5 Å². The summed E-state index contributed by atoms with van der Waals surface area (Å²) in [6.07, 6.45) is 5.82. The zero-order valence-corrected chi connectivity index (χ0v) is 22.1. The lowest BCUT2D eigenvalue weighted by Gasteiger charge is -2.49. The summed E-state index contributed by atoms with van der Waals surface area (Å²) in [5, 5.41) is 14.2. The Morgan fingerprint density at radius 2 is 1.70 bits per heavy atom. The number of rotatable bonds is 8. The smallest absolute Gasteiger partial charge is 0.269 e. The number of amides is 1. The predicted octanol–water partition coefficient (Wildman–Crippen LogP) is 5.01. The average Bonchev–Trinajstić information content (AvgIpc) is 3.34. The summed E-state index contributed by atoms with van der Waals surface area (Å²) >= 11 is 0. The van der Waals surface area contributed by atoms with Crippen LogP contribution in [0.25, 0.3) is 0 Å². The SMILES string of the molecule is CC(=O)N[C@H]1CCC[C@@H]1C(C)(c1ccccc1)C1CCN(CC2CN(c3ccc([N+](=O)[O-])cc3)C2)CC1. The van der Waals surface area contributed by atoms with Crippen LogP contribution in [-0.4, -0.2) is 54.5 Å². The van der Waals surface area contributed by atoms with E-state index < -0.39 is 0 Å². The Balaban J connectivity index is 1.19. The van der Waals surface area contributed by atoms with Crippen molar-refractivity contribution in [2.45, 2.75) is 57.4 Å². The van der Waals surface area contributed by atoms with Crippen LogP contribution in [-0.2, 0) is 10.2 Å². The summed E-state index contributed by atoms with van der Waals surface area (Å²) in [5.41, 5.74) is 2.70. The topological polar surface area (TPSA) is 78.7 Å². The molecule has 37 heavy (non-hydrogen) atoms. The van der Waals surface area contributed by atoms with Crippen LogP contribution >= 0.6 is 0 Å². The van der Waals surface area contributed by atoms with Gasteiger partial charge in [-0.25, -0.2) is 0 Å². The number of piperidine rings is 1.